The number of ether oxygens (including phenoxy) is 1. The van der Waals surface area contributed by atoms with Crippen LogP contribution in [0.4, 0.5) is 0 Å². The Labute approximate surface area is 190 Å². The minimum Gasteiger partial charge on any atom is -0.470 e. The molecule has 0 amide bonds. The molecule has 164 valence electrons. The van der Waals surface area contributed by atoms with Crippen molar-refractivity contribution in [1.82, 2.24) is 10.4 Å². The van der Waals surface area contributed by atoms with Crippen LogP contribution >= 0.6 is 0 Å². The van der Waals surface area contributed by atoms with Gasteiger partial charge in [-0.2, -0.15) is 5.01 Å². The molecule has 3 heterocycles. The standard InChI is InChI=1S/C28H31N3O/c1-19(2)30-14-12-28(13-15-30)31-26(24-16-20(3)8-11-27(24)32-28)18-25(29-31)23-10-9-21-6-4-5-7-22(21)17-23/h4-11,16-19,26,29H,12-15H2,1-3H3/p+1/t26-/m0/s1. The van der Waals surface area contributed by atoms with Gasteiger partial charge in [0, 0.05) is 5.56 Å². The zero-order valence-electron chi connectivity index (χ0n) is 19.2. The number of quaternary nitrogens is 1. The number of benzene rings is 3. The number of piperidine rings is 1. The lowest BCUT2D eigenvalue weighted by atomic mass is 9.91. The topological polar surface area (TPSA) is 28.9 Å². The van der Waals surface area contributed by atoms with Crippen LogP contribution in [0.2, 0.25) is 0 Å². The highest BCUT2D eigenvalue weighted by atomic mass is 16.5. The lowest BCUT2D eigenvalue weighted by Gasteiger charge is -2.51. The minimum absolute atomic E-state index is 0.181. The molecule has 0 aliphatic carbocycles. The van der Waals surface area contributed by atoms with E-state index in [1.54, 1.807) is 4.90 Å². The highest BCUT2D eigenvalue weighted by Crippen LogP contribution is 2.48. The van der Waals surface area contributed by atoms with Crippen molar-refractivity contribution in [3.8, 4) is 5.75 Å². The lowest BCUT2D eigenvalue weighted by molar-refractivity contribution is -0.929. The van der Waals surface area contributed by atoms with Gasteiger partial charge in [0.15, 0.2) is 5.72 Å². The van der Waals surface area contributed by atoms with Crippen molar-refractivity contribution in [2.75, 3.05) is 13.1 Å². The van der Waals surface area contributed by atoms with E-state index in [2.05, 4.69) is 97.9 Å². The first-order chi connectivity index (χ1) is 15.5. The Morgan fingerprint density at radius 1 is 1.00 bits per heavy atom. The van der Waals surface area contributed by atoms with Gasteiger partial charge in [0.05, 0.1) is 43.7 Å². The van der Waals surface area contributed by atoms with Crippen molar-refractivity contribution in [1.29, 1.82) is 0 Å². The molecule has 0 saturated carbocycles. The van der Waals surface area contributed by atoms with Crippen LogP contribution < -0.4 is 15.1 Å². The van der Waals surface area contributed by atoms with Crippen LogP contribution in [0, 0.1) is 6.92 Å². The highest BCUT2D eigenvalue weighted by molar-refractivity contribution is 5.86. The molecule has 3 aromatic carbocycles. The van der Waals surface area contributed by atoms with E-state index in [0.717, 1.165) is 31.7 Å². The number of nitrogens with one attached hydrogen (secondary N) is 2. The molecule has 32 heavy (non-hydrogen) atoms. The molecule has 4 nitrogen and oxygen atoms in total. The molecule has 3 aliphatic heterocycles. The van der Waals surface area contributed by atoms with E-state index in [-0.39, 0.29) is 11.8 Å². The monoisotopic (exact) mass is 426 g/mol. The Balaban J connectivity index is 1.40. The Hall–Kier alpha value is -2.82. The van der Waals surface area contributed by atoms with Crippen LogP contribution in [0.3, 0.4) is 0 Å². The number of hydrogen-bond acceptors (Lipinski definition) is 3. The van der Waals surface area contributed by atoms with Gasteiger partial charge in [-0.15, -0.1) is 0 Å². The Morgan fingerprint density at radius 3 is 2.56 bits per heavy atom. The molecule has 4 heteroatoms. The molecule has 3 aromatic rings. The molecule has 1 fully saturated rings. The number of rotatable bonds is 2. The molecule has 0 unspecified atom stereocenters. The second-order valence-electron chi connectivity index (χ2n) is 9.97. The van der Waals surface area contributed by atoms with E-state index in [4.69, 9.17) is 4.74 Å². The van der Waals surface area contributed by atoms with Crippen molar-refractivity contribution in [2.45, 2.75) is 51.4 Å². The van der Waals surface area contributed by atoms with Crippen molar-refractivity contribution >= 4 is 16.5 Å². The largest absolute Gasteiger partial charge is 0.470 e. The van der Waals surface area contributed by atoms with Gasteiger partial charge < -0.3 is 15.1 Å². The average Bonchev–Trinajstić information content (AvgIpc) is 3.27. The molecule has 3 aliphatic rings. The van der Waals surface area contributed by atoms with Gasteiger partial charge in [-0.1, -0.05) is 54.1 Å². The van der Waals surface area contributed by atoms with E-state index < -0.39 is 0 Å². The Morgan fingerprint density at radius 2 is 1.78 bits per heavy atom. The van der Waals surface area contributed by atoms with Crippen molar-refractivity contribution in [3.05, 3.63) is 83.4 Å². The van der Waals surface area contributed by atoms with E-state index in [9.17, 15) is 0 Å². The van der Waals surface area contributed by atoms with E-state index >= 15 is 0 Å². The second kappa shape index (κ2) is 7.36. The van der Waals surface area contributed by atoms with Gasteiger partial charge in [0.2, 0.25) is 0 Å². The van der Waals surface area contributed by atoms with Crippen molar-refractivity contribution < 1.29 is 9.64 Å². The van der Waals surface area contributed by atoms with Crippen LogP contribution in [0.25, 0.3) is 16.5 Å². The van der Waals surface area contributed by atoms with Crippen LogP contribution in [0.5, 0.6) is 5.75 Å². The smallest absolute Gasteiger partial charge is 0.191 e. The summed E-state index contributed by atoms with van der Waals surface area (Å²) in [4.78, 5) is 1.67. The van der Waals surface area contributed by atoms with Crippen LogP contribution in [0.1, 0.15) is 49.4 Å². The summed E-state index contributed by atoms with van der Waals surface area (Å²) in [6, 6.07) is 22.8. The van der Waals surface area contributed by atoms with Crippen LogP contribution in [-0.2, 0) is 0 Å². The summed E-state index contributed by atoms with van der Waals surface area (Å²) in [6.07, 6.45) is 4.45. The van der Waals surface area contributed by atoms with Crippen LogP contribution in [0.15, 0.2) is 66.7 Å². The molecule has 0 aromatic heterocycles. The van der Waals surface area contributed by atoms with E-state index in [0.29, 0.717) is 6.04 Å². The summed E-state index contributed by atoms with van der Waals surface area (Å²) >= 11 is 0. The predicted molar refractivity (Wildman–Crippen MR) is 129 cm³/mol. The van der Waals surface area contributed by atoms with Gasteiger partial charge in [-0.05, 0) is 55.3 Å². The van der Waals surface area contributed by atoms with Gasteiger partial charge in [0.1, 0.15) is 5.75 Å². The molecule has 0 radical (unpaired) electrons. The number of fused-ring (bicyclic) bond motifs is 5. The van der Waals surface area contributed by atoms with Gasteiger partial charge in [-0.25, -0.2) is 0 Å². The zero-order chi connectivity index (χ0) is 21.9. The number of nitrogens with zero attached hydrogens (tertiary/aromatic N) is 1. The molecular formula is C28H32N3O+. The predicted octanol–water partition coefficient (Wildman–Crippen LogP) is 4.23. The molecule has 1 spiro atoms. The summed E-state index contributed by atoms with van der Waals surface area (Å²) in [6.45, 7) is 9.08. The molecule has 6 rings (SSSR count). The van der Waals surface area contributed by atoms with Crippen molar-refractivity contribution in [2.24, 2.45) is 0 Å². The third-order valence-electron chi connectivity index (χ3n) is 7.62. The van der Waals surface area contributed by atoms with Gasteiger partial charge in [0.25, 0.3) is 0 Å². The number of likely N-dealkylation sites (tertiary alicyclic amines) is 1. The average molecular weight is 427 g/mol. The van der Waals surface area contributed by atoms with Gasteiger partial charge in [-0.3, -0.25) is 0 Å². The van der Waals surface area contributed by atoms with Gasteiger partial charge >= 0.3 is 0 Å². The fourth-order valence-corrected chi connectivity index (χ4v) is 5.70. The first-order valence-electron chi connectivity index (χ1n) is 11.9. The summed E-state index contributed by atoms with van der Waals surface area (Å²) < 4.78 is 6.83. The fraction of sp³-hybridized carbons (Fsp3) is 0.357. The molecule has 0 bridgehead atoms. The minimum atomic E-state index is -0.305. The maximum atomic E-state index is 6.83. The summed E-state index contributed by atoms with van der Waals surface area (Å²) in [5, 5.41) is 4.96. The van der Waals surface area contributed by atoms with E-state index in [1.807, 2.05) is 0 Å². The second-order valence-corrected chi connectivity index (χ2v) is 9.97. The molecule has 1 atom stereocenters. The normalized spacial score (nSPS) is 27.1. The van der Waals surface area contributed by atoms with E-state index in [1.165, 1.54) is 33.2 Å². The summed E-state index contributed by atoms with van der Waals surface area (Å²) in [5.41, 5.74) is 8.44. The number of hydrazine groups is 1. The first-order valence-corrected chi connectivity index (χ1v) is 11.9. The number of aryl methyl sites for hydroxylation is 1. The summed E-state index contributed by atoms with van der Waals surface area (Å²) in [5.74, 6) is 1.04. The third kappa shape index (κ3) is 3.13. The molecule has 1 saturated heterocycles. The fourth-order valence-electron chi connectivity index (χ4n) is 5.70. The summed E-state index contributed by atoms with van der Waals surface area (Å²) in [7, 11) is 0. The quantitative estimate of drug-likeness (QED) is 0.643. The maximum absolute atomic E-state index is 6.83. The highest BCUT2D eigenvalue weighted by Gasteiger charge is 2.52. The maximum Gasteiger partial charge on any atom is 0.191 e. The van der Waals surface area contributed by atoms with Crippen LogP contribution in [-0.4, -0.2) is 29.9 Å². The lowest BCUT2D eigenvalue weighted by Crippen LogP contribution is -3.16. The SMILES string of the molecule is Cc1ccc2c(c1)[C@@H]1C=C(c3ccc4ccccc4c3)NN1C1(CC[NH+](C(C)C)CC1)O2. The van der Waals surface area contributed by atoms with Crippen molar-refractivity contribution in [3.63, 3.8) is 0 Å². The number of hydrogen-bond donors (Lipinski definition) is 2. The first kappa shape index (κ1) is 19.8. The Bertz CT molecular complexity index is 1210. The third-order valence-corrected chi connectivity index (χ3v) is 7.62. The Kier molecular flexibility index (Phi) is 4.56. The zero-order valence-corrected chi connectivity index (χ0v) is 19.2. The molecular weight excluding hydrogens is 394 g/mol. The molecule has 2 N–H and O–H groups in total.